The molecule has 0 spiro atoms. The second-order valence-corrected chi connectivity index (χ2v) is 7.46. The Morgan fingerprint density at radius 3 is 2.60 bits per heavy atom. The molecular formula is C13H17N3O2S2. The molecule has 0 aliphatic rings. The molecule has 1 heterocycles. The maximum absolute atomic E-state index is 12.3. The van der Waals surface area contributed by atoms with E-state index in [1.807, 2.05) is 19.2 Å². The van der Waals surface area contributed by atoms with Crippen LogP contribution < -0.4 is 10.5 Å². The lowest BCUT2D eigenvalue weighted by Crippen LogP contribution is -2.24. The predicted octanol–water partition coefficient (Wildman–Crippen LogP) is 2.13. The van der Waals surface area contributed by atoms with Gasteiger partial charge in [-0.2, -0.15) is 0 Å². The number of aromatic nitrogens is 1. The molecule has 108 valence electrons. The van der Waals surface area contributed by atoms with E-state index in [0.29, 0.717) is 16.9 Å². The summed E-state index contributed by atoms with van der Waals surface area (Å²) >= 11 is 1.49. The molecule has 3 N–H and O–H groups in total. The van der Waals surface area contributed by atoms with Gasteiger partial charge >= 0.3 is 0 Å². The first-order valence-electron chi connectivity index (χ1n) is 6.07. The van der Waals surface area contributed by atoms with Gasteiger partial charge < -0.3 is 5.73 Å². The Balaban J connectivity index is 2.27. The number of benzene rings is 1. The third-order valence-electron chi connectivity index (χ3n) is 2.94. The van der Waals surface area contributed by atoms with E-state index in [2.05, 4.69) is 9.71 Å². The fraction of sp³-hybridized carbons (Fsp3) is 0.308. The smallest absolute Gasteiger partial charge is 0.241 e. The van der Waals surface area contributed by atoms with Gasteiger partial charge in [-0.1, -0.05) is 0 Å². The quantitative estimate of drug-likeness (QED) is 0.847. The van der Waals surface area contributed by atoms with Crippen molar-refractivity contribution in [1.29, 1.82) is 0 Å². The van der Waals surface area contributed by atoms with E-state index < -0.39 is 10.0 Å². The van der Waals surface area contributed by atoms with E-state index in [4.69, 9.17) is 5.73 Å². The van der Waals surface area contributed by atoms with Gasteiger partial charge in [0.15, 0.2) is 0 Å². The van der Waals surface area contributed by atoms with Gasteiger partial charge in [-0.15, -0.1) is 11.3 Å². The third-order valence-corrected chi connectivity index (χ3v) is 5.29. The van der Waals surface area contributed by atoms with Crippen LogP contribution in [0.15, 0.2) is 22.4 Å². The second-order valence-electron chi connectivity index (χ2n) is 4.66. The fourth-order valence-corrected chi connectivity index (χ4v) is 3.84. The molecule has 0 fully saturated rings. The monoisotopic (exact) mass is 311 g/mol. The zero-order chi connectivity index (χ0) is 14.9. The number of nitrogen functional groups attached to an aromatic ring is 1. The van der Waals surface area contributed by atoms with E-state index >= 15 is 0 Å². The highest BCUT2D eigenvalue weighted by Gasteiger charge is 2.18. The van der Waals surface area contributed by atoms with Crippen molar-refractivity contribution < 1.29 is 8.42 Å². The first kappa shape index (κ1) is 15.0. The Labute approximate surface area is 122 Å². The summed E-state index contributed by atoms with van der Waals surface area (Å²) in [5.74, 6) is 0. The van der Waals surface area contributed by atoms with Crippen LogP contribution in [0.1, 0.15) is 21.8 Å². The van der Waals surface area contributed by atoms with Crippen molar-refractivity contribution >= 4 is 27.0 Å². The van der Waals surface area contributed by atoms with Crippen LogP contribution in [0.2, 0.25) is 0 Å². The molecule has 2 aromatic rings. The molecule has 0 radical (unpaired) electrons. The van der Waals surface area contributed by atoms with Crippen molar-refractivity contribution in [3.63, 3.8) is 0 Å². The summed E-state index contributed by atoms with van der Waals surface area (Å²) < 4.78 is 27.3. The molecule has 7 heteroatoms. The number of hydrogen-bond acceptors (Lipinski definition) is 5. The minimum absolute atomic E-state index is 0.181. The van der Waals surface area contributed by atoms with E-state index in [9.17, 15) is 8.42 Å². The number of rotatable bonds is 4. The van der Waals surface area contributed by atoms with E-state index in [-0.39, 0.29) is 11.4 Å². The number of anilines is 1. The fourth-order valence-electron chi connectivity index (χ4n) is 1.87. The molecule has 0 bridgehead atoms. The lowest BCUT2D eigenvalue weighted by atomic mass is 10.1. The Kier molecular flexibility index (Phi) is 4.12. The van der Waals surface area contributed by atoms with Crippen LogP contribution in [0.25, 0.3) is 0 Å². The highest BCUT2D eigenvalue weighted by atomic mass is 32.2. The Bertz CT molecular complexity index is 736. The van der Waals surface area contributed by atoms with Gasteiger partial charge in [-0.05, 0) is 44.0 Å². The van der Waals surface area contributed by atoms with Crippen LogP contribution in [0.4, 0.5) is 5.69 Å². The summed E-state index contributed by atoms with van der Waals surface area (Å²) in [5.41, 5.74) is 8.41. The maximum atomic E-state index is 12.3. The molecule has 0 aliphatic carbocycles. The predicted molar refractivity (Wildman–Crippen MR) is 81.2 cm³/mol. The molecule has 1 aromatic heterocycles. The normalized spacial score (nSPS) is 11.8. The molecule has 1 aromatic carbocycles. The van der Waals surface area contributed by atoms with Crippen molar-refractivity contribution in [1.82, 2.24) is 9.71 Å². The number of nitrogens with two attached hydrogens (primary N) is 1. The summed E-state index contributed by atoms with van der Waals surface area (Å²) in [4.78, 5) is 4.46. The second kappa shape index (κ2) is 5.51. The van der Waals surface area contributed by atoms with Gasteiger partial charge in [0.1, 0.15) is 0 Å². The van der Waals surface area contributed by atoms with Crippen molar-refractivity contribution in [2.45, 2.75) is 32.2 Å². The molecular weight excluding hydrogens is 294 g/mol. The first-order chi connectivity index (χ1) is 9.29. The molecule has 5 nitrogen and oxygen atoms in total. The number of nitrogens with one attached hydrogen (secondary N) is 1. The highest BCUT2D eigenvalue weighted by Crippen LogP contribution is 2.23. The molecule has 0 saturated heterocycles. The molecule has 0 unspecified atom stereocenters. The first-order valence-corrected chi connectivity index (χ1v) is 8.43. The lowest BCUT2D eigenvalue weighted by Gasteiger charge is -2.11. The van der Waals surface area contributed by atoms with Crippen molar-refractivity contribution in [2.24, 2.45) is 0 Å². The van der Waals surface area contributed by atoms with Crippen molar-refractivity contribution in [3.05, 3.63) is 39.3 Å². The van der Waals surface area contributed by atoms with Crippen LogP contribution in [0.5, 0.6) is 0 Å². The number of nitrogens with zero attached hydrogens (tertiary/aromatic N) is 1. The average molecular weight is 311 g/mol. The number of sulfonamides is 1. The SMILES string of the molecule is Cc1cc(N)c(C)c(S(=O)(=O)NCc2csc(C)n2)c1. The van der Waals surface area contributed by atoms with Crippen molar-refractivity contribution in [2.75, 3.05) is 5.73 Å². The summed E-state index contributed by atoms with van der Waals surface area (Å²) in [7, 11) is -3.59. The van der Waals surface area contributed by atoms with Crippen molar-refractivity contribution in [3.8, 4) is 0 Å². The van der Waals surface area contributed by atoms with Gasteiger partial charge in [0, 0.05) is 11.1 Å². The summed E-state index contributed by atoms with van der Waals surface area (Å²) in [6, 6.07) is 3.39. The van der Waals surface area contributed by atoms with Crippen LogP contribution in [0, 0.1) is 20.8 Å². The van der Waals surface area contributed by atoms with E-state index in [1.54, 1.807) is 19.1 Å². The van der Waals surface area contributed by atoms with E-state index in [0.717, 1.165) is 10.6 Å². The number of thiazole rings is 1. The summed E-state index contributed by atoms with van der Waals surface area (Å²) in [6.45, 7) is 5.59. The van der Waals surface area contributed by atoms with Crippen LogP contribution >= 0.6 is 11.3 Å². The largest absolute Gasteiger partial charge is 0.398 e. The topological polar surface area (TPSA) is 85.1 Å². The van der Waals surface area contributed by atoms with Crippen LogP contribution in [-0.2, 0) is 16.6 Å². The maximum Gasteiger partial charge on any atom is 0.241 e. The molecule has 0 atom stereocenters. The standard InChI is InChI=1S/C13H17N3O2S2/c1-8-4-12(14)9(2)13(5-8)20(17,18)15-6-11-7-19-10(3)16-11/h4-5,7,15H,6,14H2,1-3H3. The average Bonchev–Trinajstić information content (AvgIpc) is 2.77. The Hall–Kier alpha value is -1.44. The number of aryl methyl sites for hydroxylation is 2. The minimum Gasteiger partial charge on any atom is -0.398 e. The Morgan fingerprint density at radius 2 is 2.00 bits per heavy atom. The zero-order valence-electron chi connectivity index (χ0n) is 11.6. The van der Waals surface area contributed by atoms with Gasteiger partial charge in [0.25, 0.3) is 0 Å². The Morgan fingerprint density at radius 1 is 1.30 bits per heavy atom. The molecule has 2 rings (SSSR count). The molecule has 0 aliphatic heterocycles. The summed E-state index contributed by atoms with van der Waals surface area (Å²) in [5, 5.41) is 2.75. The zero-order valence-corrected chi connectivity index (χ0v) is 13.2. The molecule has 0 saturated carbocycles. The lowest BCUT2D eigenvalue weighted by molar-refractivity contribution is 0.580. The molecule has 20 heavy (non-hydrogen) atoms. The third kappa shape index (κ3) is 3.17. The number of hydrogen-bond donors (Lipinski definition) is 2. The molecule has 0 amide bonds. The van der Waals surface area contributed by atoms with Crippen LogP contribution in [-0.4, -0.2) is 13.4 Å². The van der Waals surface area contributed by atoms with E-state index in [1.165, 1.54) is 11.3 Å². The minimum atomic E-state index is -3.59. The van der Waals surface area contributed by atoms with Gasteiger partial charge in [0.2, 0.25) is 10.0 Å². The van der Waals surface area contributed by atoms with Gasteiger partial charge in [-0.25, -0.2) is 18.1 Å². The van der Waals surface area contributed by atoms with Crippen LogP contribution in [0.3, 0.4) is 0 Å². The van der Waals surface area contributed by atoms with Gasteiger partial charge in [-0.3, -0.25) is 0 Å². The highest BCUT2D eigenvalue weighted by molar-refractivity contribution is 7.89. The summed E-state index contributed by atoms with van der Waals surface area (Å²) in [6.07, 6.45) is 0. The van der Waals surface area contributed by atoms with Gasteiger partial charge in [0.05, 0.1) is 22.1 Å².